The summed E-state index contributed by atoms with van der Waals surface area (Å²) in [4.78, 5) is 18.8. The van der Waals surface area contributed by atoms with E-state index in [1.165, 1.54) is 28.9 Å². The normalized spacial score (nSPS) is 19.3. The van der Waals surface area contributed by atoms with Gasteiger partial charge in [0.1, 0.15) is 18.2 Å². The summed E-state index contributed by atoms with van der Waals surface area (Å²) in [5.74, 6) is -0.406. The molecule has 0 radical (unpaired) electrons. The zero-order valence-electron chi connectivity index (χ0n) is 17.8. The van der Waals surface area contributed by atoms with Crippen LogP contribution in [-0.4, -0.2) is 58.3 Å². The van der Waals surface area contributed by atoms with E-state index in [-0.39, 0.29) is 23.8 Å². The summed E-state index contributed by atoms with van der Waals surface area (Å²) in [6.07, 6.45) is 1.56. The maximum absolute atomic E-state index is 13.1. The Morgan fingerprint density at radius 1 is 1.18 bits per heavy atom. The first-order valence-electron chi connectivity index (χ1n) is 10.5. The number of nitrogens with zero attached hydrogens (tertiary/aromatic N) is 4. The zero-order valence-corrected chi connectivity index (χ0v) is 19.4. The van der Waals surface area contributed by atoms with Crippen LogP contribution < -0.4 is 4.74 Å². The molecule has 174 valence electrons. The molecule has 0 spiro atoms. The van der Waals surface area contributed by atoms with Crippen LogP contribution in [-0.2, 0) is 16.1 Å². The number of fused-ring (bicyclic) bond motifs is 1. The number of rotatable bonds is 4. The highest BCUT2D eigenvalue weighted by molar-refractivity contribution is 8.26. The Hall–Kier alpha value is -3.21. The molecule has 1 fully saturated rings. The van der Waals surface area contributed by atoms with Gasteiger partial charge in [0, 0.05) is 13.1 Å². The topological polar surface area (TPSA) is 90.6 Å². The van der Waals surface area contributed by atoms with Crippen molar-refractivity contribution in [1.82, 2.24) is 9.91 Å². The maximum Gasteiger partial charge on any atom is 0.283 e. The van der Waals surface area contributed by atoms with E-state index in [0.29, 0.717) is 53.0 Å². The molecule has 0 aromatic heterocycles. The predicted octanol–water partition coefficient (Wildman–Crippen LogP) is 3.97. The number of thioether (sulfide) groups is 1. The van der Waals surface area contributed by atoms with Gasteiger partial charge in [-0.3, -0.25) is 10.2 Å². The molecule has 1 amide bonds. The van der Waals surface area contributed by atoms with Gasteiger partial charge < -0.3 is 14.4 Å². The molecule has 2 aromatic carbocycles. The number of hydrogen-bond acceptors (Lipinski definition) is 7. The molecule has 3 aliphatic heterocycles. The molecule has 0 aliphatic carbocycles. The van der Waals surface area contributed by atoms with Crippen molar-refractivity contribution in [2.24, 2.45) is 10.1 Å². The summed E-state index contributed by atoms with van der Waals surface area (Å²) in [7, 11) is 0. The molecule has 1 saturated heterocycles. The number of nitrogens with one attached hydrogen (secondary N) is 1. The second kappa shape index (κ2) is 9.57. The van der Waals surface area contributed by atoms with Gasteiger partial charge in [0.2, 0.25) is 5.17 Å². The molecule has 3 aliphatic rings. The number of aliphatic imine (C=N–C) groups is 1. The van der Waals surface area contributed by atoms with E-state index in [4.69, 9.17) is 26.5 Å². The van der Waals surface area contributed by atoms with Gasteiger partial charge in [-0.15, -0.1) is 5.10 Å². The first kappa shape index (κ1) is 22.6. The first-order valence-corrected chi connectivity index (χ1v) is 11.7. The molecule has 0 bridgehead atoms. The van der Waals surface area contributed by atoms with Crippen LogP contribution >= 0.6 is 23.4 Å². The molecule has 8 nitrogen and oxygen atoms in total. The number of ether oxygens (including phenoxy) is 2. The third kappa shape index (κ3) is 4.70. The lowest BCUT2D eigenvalue weighted by molar-refractivity contribution is -0.114. The van der Waals surface area contributed by atoms with Crippen LogP contribution in [0.4, 0.5) is 4.39 Å². The fourth-order valence-corrected chi connectivity index (χ4v) is 4.68. The standard InChI is InChI=1S/C23H19ClFN5O3S/c24-18-12-15(3-6-19(18)33-13-14-1-4-16(25)5-2-14)11-17-20(26)30-22(27-21(17)31)34-23(28-30)29-7-9-32-10-8-29/h1-6,11-12,26H,7-10,13H2/b17-11-,26-20?. The second-order valence-corrected chi connectivity index (χ2v) is 8.95. The number of morpholine rings is 1. The van der Waals surface area contributed by atoms with Gasteiger partial charge in [-0.25, -0.2) is 4.39 Å². The molecular formula is C23H19ClFN5O3S. The summed E-state index contributed by atoms with van der Waals surface area (Å²) in [6.45, 7) is 2.85. The minimum absolute atomic E-state index is 0.0430. The van der Waals surface area contributed by atoms with Crippen LogP contribution in [0.15, 0.2) is 58.1 Å². The minimum atomic E-state index is -0.505. The highest BCUT2D eigenvalue weighted by Crippen LogP contribution is 2.31. The summed E-state index contributed by atoms with van der Waals surface area (Å²) in [5.41, 5.74) is 1.54. The van der Waals surface area contributed by atoms with Gasteiger partial charge in [0.25, 0.3) is 5.91 Å². The van der Waals surface area contributed by atoms with Crippen LogP contribution in [0.5, 0.6) is 5.75 Å². The lowest BCUT2D eigenvalue weighted by atomic mass is 10.1. The fourth-order valence-electron chi connectivity index (χ4n) is 3.50. The van der Waals surface area contributed by atoms with Crippen LogP contribution in [0.25, 0.3) is 6.08 Å². The summed E-state index contributed by atoms with van der Waals surface area (Å²) >= 11 is 7.65. The van der Waals surface area contributed by atoms with Crippen molar-refractivity contribution in [2.75, 3.05) is 26.3 Å². The van der Waals surface area contributed by atoms with Crippen molar-refractivity contribution in [3.8, 4) is 5.75 Å². The number of amides is 1. The van der Waals surface area contributed by atoms with Gasteiger partial charge in [-0.1, -0.05) is 29.8 Å². The largest absolute Gasteiger partial charge is 0.487 e. The molecule has 5 rings (SSSR count). The van der Waals surface area contributed by atoms with Gasteiger partial charge in [0.05, 0.1) is 23.8 Å². The average molecular weight is 500 g/mol. The molecule has 0 unspecified atom stereocenters. The number of hydrogen-bond donors (Lipinski definition) is 1. The number of benzene rings is 2. The summed E-state index contributed by atoms with van der Waals surface area (Å²) in [6, 6.07) is 11.1. The molecule has 2 aromatic rings. The Morgan fingerprint density at radius 3 is 2.68 bits per heavy atom. The van der Waals surface area contributed by atoms with Crippen molar-refractivity contribution in [3.05, 3.63) is 70.0 Å². The smallest absolute Gasteiger partial charge is 0.283 e. The molecular weight excluding hydrogens is 481 g/mol. The van der Waals surface area contributed by atoms with E-state index in [0.717, 1.165) is 5.56 Å². The Labute approximate surface area is 204 Å². The number of halogens is 2. The lowest BCUT2D eigenvalue weighted by Gasteiger charge is -2.26. The van der Waals surface area contributed by atoms with E-state index in [2.05, 4.69) is 15.0 Å². The summed E-state index contributed by atoms with van der Waals surface area (Å²) in [5, 5.41) is 15.8. The van der Waals surface area contributed by atoms with E-state index >= 15 is 0 Å². The summed E-state index contributed by atoms with van der Waals surface area (Å²) < 4.78 is 24.1. The zero-order chi connectivity index (χ0) is 23.7. The van der Waals surface area contributed by atoms with Crippen LogP contribution in [0.3, 0.4) is 0 Å². The minimum Gasteiger partial charge on any atom is -0.487 e. The van der Waals surface area contributed by atoms with E-state index < -0.39 is 5.91 Å². The third-order valence-electron chi connectivity index (χ3n) is 5.30. The third-order valence-corrected chi connectivity index (χ3v) is 6.56. The van der Waals surface area contributed by atoms with E-state index in [1.807, 2.05) is 0 Å². The Balaban J connectivity index is 1.31. The quantitative estimate of drug-likeness (QED) is 0.640. The van der Waals surface area contributed by atoms with Gasteiger partial charge >= 0.3 is 0 Å². The Morgan fingerprint density at radius 2 is 1.94 bits per heavy atom. The highest BCUT2D eigenvalue weighted by atomic mass is 35.5. The number of carbonyl (C=O) groups is 1. The first-order chi connectivity index (χ1) is 16.5. The fraction of sp³-hybridized carbons (Fsp3) is 0.217. The van der Waals surface area contributed by atoms with E-state index in [1.54, 1.807) is 36.4 Å². The molecule has 0 atom stereocenters. The molecule has 34 heavy (non-hydrogen) atoms. The highest BCUT2D eigenvalue weighted by Gasteiger charge is 2.37. The number of carbonyl (C=O) groups excluding carboxylic acids is 1. The lowest BCUT2D eigenvalue weighted by Crippen LogP contribution is -2.39. The van der Waals surface area contributed by atoms with Crippen molar-refractivity contribution < 1.29 is 18.7 Å². The van der Waals surface area contributed by atoms with Crippen molar-refractivity contribution >= 4 is 51.5 Å². The molecule has 0 saturated carbocycles. The predicted molar refractivity (Wildman–Crippen MR) is 130 cm³/mol. The Bertz CT molecular complexity index is 1240. The number of amidine groups is 3. The SMILES string of the molecule is N=C1/C(=C/c2ccc(OCc3ccc(F)cc3)c(Cl)c2)C(=O)N=C2SC(N3CCOCC3)=NN12. The number of hydrazone groups is 1. The van der Waals surface area contributed by atoms with Gasteiger partial charge in [-0.2, -0.15) is 10.0 Å². The van der Waals surface area contributed by atoms with Gasteiger partial charge in [-0.05, 0) is 53.2 Å². The maximum atomic E-state index is 13.1. The molecule has 1 N–H and O–H groups in total. The molecule has 11 heteroatoms. The molecule has 3 heterocycles. The van der Waals surface area contributed by atoms with Gasteiger partial charge in [0.15, 0.2) is 11.0 Å². The second-order valence-electron chi connectivity index (χ2n) is 7.61. The average Bonchev–Trinajstić information content (AvgIpc) is 3.27. The Kier molecular flexibility index (Phi) is 6.36. The van der Waals surface area contributed by atoms with Crippen molar-refractivity contribution in [1.29, 1.82) is 5.41 Å². The monoisotopic (exact) mass is 499 g/mol. The van der Waals surface area contributed by atoms with Crippen LogP contribution in [0.2, 0.25) is 5.02 Å². The van der Waals surface area contributed by atoms with Crippen molar-refractivity contribution in [3.63, 3.8) is 0 Å². The van der Waals surface area contributed by atoms with E-state index in [9.17, 15) is 9.18 Å². The van der Waals surface area contributed by atoms with Crippen molar-refractivity contribution in [2.45, 2.75) is 6.61 Å². The van der Waals surface area contributed by atoms with Crippen LogP contribution in [0, 0.1) is 11.2 Å². The van der Waals surface area contributed by atoms with Crippen LogP contribution in [0.1, 0.15) is 11.1 Å².